The number of hydrogen-bond donors (Lipinski definition) is 1. The molecule has 1 aliphatic rings. The van der Waals surface area contributed by atoms with E-state index in [1.807, 2.05) is 0 Å². The second-order valence-corrected chi connectivity index (χ2v) is 6.21. The second-order valence-electron chi connectivity index (χ2n) is 6.21. The normalized spacial score (nSPS) is 17.9. The van der Waals surface area contributed by atoms with Crippen LogP contribution in [0.25, 0.3) is 0 Å². The van der Waals surface area contributed by atoms with Crippen LogP contribution in [-0.2, 0) is 11.3 Å². The van der Waals surface area contributed by atoms with Crippen molar-refractivity contribution in [2.45, 2.75) is 32.6 Å². The first kappa shape index (κ1) is 18.7. The standard InChI is InChI=1S/C15H23F3N4O2/c1-11(2)13(21-3-5-24-6-4-21)8-19-14(23)12-7-20-22(9-12)10-15(16,17)18/h7,9,11,13H,3-6,8,10H2,1-2H3,(H,19,23)/t13-/m0/s1. The van der Waals surface area contributed by atoms with E-state index in [9.17, 15) is 18.0 Å². The van der Waals surface area contributed by atoms with E-state index >= 15 is 0 Å². The molecule has 1 aliphatic heterocycles. The van der Waals surface area contributed by atoms with Crippen LogP contribution >= 0.6 is 0 Å². The van der Waals surface area contributed by atoms with Gasteiger partial charge in [0.05, 0.1) is 25.0 Å². The number of alkyl halides is 3. The average Bonchev–Trinajstić information content (AvgIpc) is 2.94. The van der Waals surface area contributed by atoms with E-state index in [2.05, 4.69) is 29.2 Å². The Kier molecular flexibility index (Phi) is 6.22. The molecule has 1 amide bonds. The van der Waals surface area contributed by atoms with Crippen LogP contribution in [0.15, 0.2) is 12.4 Å². The number of aromatic nitrogens is 2. The van der Waals surface area contributed by atoms with Gasteiger partial charge < -0.3 is 10.1 Å². The highest BCUT2D eigenvalue weighted by atomic mass is 19.4. The first-order valence-electron chi connectivity index (χ1n) is 7.95. The number of halogens is 3. The summed E-state index contributed by atoms with van der Waals surface area (Å²) in [5.74, 6) is -0.0845. The summed E-state index contributed by atoms with van der Waals surface area (Å²) in [5, 5.41) is 6.38. The van der Waals surface area contributed by atoms with Crippen LogP contribution in [0.1, 0.15) is 24.2 Å². The third-order valence-electron chi connectivity index (χ3n) is 3.99. The highest BCUT2D eigenvalue weighted by Crippen LogP contribution is 2.17. The van der Waals surface area contributed by atoms with Crippen molar-refractivity contribution in [2.75, 3.05) is 32.8 Å². The van der Waals surface area contributed by atoms with Gasteiger partial charge in [-0.25, -0.2) is 0 Å². The molecule has 1 fully saturated rings. The summed E-state index contributed by atoms with van der Waals surface area (Å²) in [6, 6.07) is 0.156. The third-order valence-corrected chi connectivity index (χ3v) is 3.99. The molecule has 1 atom stereocenters. The van der Waals surface area contributed by atoms with E-state index in [1.165, 1.54) is 0 Å². The lowest BCUT2D eigenvalue weighted by Crippen LogP contribution is -2.51. The van der Waals surface area contributed by atoms with Gasteiger partial charge in [-0.1, -0.05) is 13.8 Å². The maximum Gasteiger partial charge on any atom is 0.408 e. The van der Waals surface area contributed by atoms with Gasteiger partial charge in [-0.15, -0.1) is 0 Å². The monoisotopic (exact) mass is 348 g/mol. The fourth-order valence-electron chi connectivity index (χ4n) is 2.75. The molecule has 6 nitrogen and oxygen atoms in total. The minimum absolute atomic E-state index is 0.128. The molecule has 1 N–H and O–H groups in total. The van der Waals surface area contributed by atoms with Crippen molar-refractivity contribution in [1.82, 2.24) is 20.0 Å². The summed E-state index contributed by atoms with van der Waals surface area (Å²) >= 11 is 0. The Morgan fingerprint density at radius 2 is 2.04 bits per heavy atom. The minimum Gasteiger partial charge on any atom is -0.379 e. The van der Waals surface area contributed by atoms with Crippen molar-refractivity contribution >= 4 is 5.91 Å². The summed E-state index contributed by atoms with van der Waals surface area (Å²) in [7, 11) is 0. The Morgan fingerprint density at radius 1 is 1.38 bits per heavy atom. The van der Waals surface area contributed by atoms with Gasteiger partial charge in [0, 0.05) is 31.9 Å². The molecule has 0 aromatic carbocycles. The Hall–Kier alpha value is -1.61. The van der Waals surface area contributed by atoms with Crippen LogP contribution in [-0.4, -0.2) is 65.7 Å². The van der Waals surface area contributed by atoms with Gasteiger partial charge in [0.15, 0.2) is 0 Å². The molecule has 1 aromatic rings. The number of morpholine rings is 1. The molecular formula is C15H23F3N4O2. The molecule has 0 bridgehead atoms. The molecule has 2 heterocycles. The summed E-state index contributed by atoms with van der Waals surface area (Å²) in [6.07, 6.45) is -2.10. The molecule has 24 heavy (non-hydrogen) atoms. The summed E-state index contributed by atoms with van der Waals surface area (Å²) in [6.45, 7) is 6.33. The Balaban J connectivity index is 1.91. The molecule has 9 heteroatoms. The smallest absolute Gasteiger partial charge is 0.379 e. The molecule has 0 radical (unpaired) electrons. The Morgan fingerprint density at radius 3 is 2.62 bits per heavy atom. The van der Waals surface area contributed by atoms with Crippen LogP contribution in [0.2, 0.25) is 0 Å². The molecule has 2 rings (SSSR count). The summed E-state index contributed by atoms with van der Waals surface area (Å²) < 4.78 is 43.0. The van der Waals surface area contributed by atoms with E-state index in [1.54, 1.807) is 0 Å². The topological polar surface area (TPSA) is 59.4 Å². The minimum atomic E-state index is -4.36. The third kappa shape index (κ3) is 5.48. The van der Waals surface area contributed by atoms with Crippen molar-refractivity contribution in [2.24, 2.45) is 5.92 Å². The zero-order valence-corrected chi connectivity index (χ0v) is 13.8. The van der Waals surface area contributed by atoms with Crippen molar-refractivity contribution in [3.63, 3.8) is 0 Å². The van der Waals surface area contributed by atoms with Gasteiger partial charge in [-0.05, 0) is 5.92 Å². The Labute approximate surface area is 138 Å². The SMILES string of the molecule is CC(C)[C@H](CNC(=O)c1cnn(CC(F)(F)F)c1)N1CCOCC1. The average molecular weight is 348 g/mol. The van der Waals surface area contributed by atoms with E-state index in [4.69, 9.17) is 4.74 Å². The number of hydrogen-bond acceptors (Lipinski definition) is 4. The van der Waals surface area contributed by atoms with E-state index in [0.29, 0.717) is 25.7 Å². The van der Waals surface area contributed by atoms with Gasteiger partial charge in [0.2, 0.25) is 0 Å². The maximum absolute atomic E-state index is 12.3. The largest absolute Gasteiger partial charge is 0.408 e. The van der Waals surface area contributed by atoms with Gasteiger partial charge >= 0.3 is 6.18 Å². The van der Waals surface area contributed by atoms with Crippen LogP contribution in [0.3, 0.4) is 0 Å². The quantitative estimate of drug-likeness (QED) is 0.847. The van der Waals surface area contributed by atoms with Gasteiger partial charge in [0.1, 0.15) is 6.54 Å². The number of ether oxygens (including phenoxy) is 1. The predicted octanol–water partition coefficient (Wildman–Crippen LogP) is 1.53. The number of carbonyl (C=O) groups excluding carboxylic acids is 1. The molecule has 0 aliphatic carbocycles. The zero-order valence-electron chi connectivity index (χ0n) is 13.8. The van der Waals surface area contributed by atoms with Gasteiger partial charge in [-0.2, -0.15) is 18.3 Å². The number of nitrogens with zero attached hydrogens (tertiary/aromatic N) is 3. The molecular weight excluding hydrogens is 325 g/mol. The van der Waals surface area contributed by atoms with Crippen LogP contribution in [0.4, 0.5) is 13.2 Å². The highest BCUT2D eigenvalue weighted by molar-refractivity contribution is 5.93. The second kappa shape index (κ2) is 7.98. The lowest BCUT2D eigenvalue weighted by molar-refractivity contribution is -0.142. The number of rotatable bonds is 6. The highest BCUT2D eigenvalue weighted by Gasteiger charge is 2.29. The van der Waals surface area contributed by atoms with Crippen molar-refractivity contribution in [1.29, 1.82) is 0 Å². The van der Waals surface area contributed by atoms with Gasteiger partial charge in [0.25, 0.3) is 5.91 Å². The van der Waals surface area contributed by atoms with Crippen molar-refractivity contribution in [3.05, 3.63) is 18.0 Å². The molecule has 0 saturated carbocycles. The van der Waals surface area contributed by atoms with E-state index in [0.717, 1.165) is 30.2 Å². The Bertz CT molecular complexity index is 539. The van der Waals surface area contributed by atoms with Crippen molar-refractivity contribution in [3.8, 4) is 0 Å². The molecule has 0 spiro atoms. The predicted molar refractivity (Wildman–Crippen MR) is 81.6 cm³/mol. The molecule has 1 aromatic heterocycles. The zero-order chi connectivity index (χ0) is 17.7. The molecule has 136 valence electrons. The fourth-order valence-corrected chi connectivity index (χ4v) is 2.75. The first-order valence-corrected chi connectivity index (χ1v) is 7.95. The van der Waals surface area contributed by atoms with E-state index < -0.39 is 18.6 Å². The summed E-state index contributed by atoms with van der Waals surface area (Å²) in [5.41, 5.74) is 0.128. The fraction of sp³-hybridized carbons (Fsp3) is 0.733. The first-order chi connectivity index (χ1) is 11.3. The number of amides is 1. The summed E-state index contributed by atoms with van der Waals surface area (Å²) in [4.78, 5) is 14.4. The van der Waals surface area contributed by atoms with Crippen LogP contribution < -0.4 is 5.32 Å². The van der Waals surface area contributed by atoms with Gasteiger partial charge in [-0.3, -0.25) is 14.4 Å². The van der Waals surface area contributed by atoms with Crippen LogP contribution in [0.5, 0.6) is 0 Å². The maximum atomic E-state index is 12.3. The lowest BCUT2D eigenvalue weighted by Gasteiger charge is -2.36. The molecule has 0 unspecified atom stereocenters. The number of nitrogens with one attached hydrogen (secondary N) is 1. The van der Waals surface area contributed by atoms with Crippen molar-refractivity contribution < 1.29 is 22.7 Å². The number of carbonyl (C=O) groups is 1. The van der Waals surface area contributed by atoms with E-state index in [-0.39, 0.29) is 11.6 Å². The lowest BCUT2D eigenvalue weighted by atomic mass is 10.0. The molecule has 1 saturated heterocycles. The van der Waals surface area contributed by atoms with Crippen LogP contribution in [0, 0.1) is 5.92 Å².